The summed E-state index contributed by atoms with van der Waals surface area (Å²) in [5.74, 6) is -1.49. The molecule has 2 rings (SSSR count). The Morgan fingerprint density at radius 1 is 0.900 bits per heavy atom. The summed E-state index contributed by atoms with van der Waals surface area (Å²) in [5.41, 5.74) is 0.805. The van der Waals surface area contributed by atoms with Gasteiger partial charge in [0.2, 0.25) is 0 Å². The molecule has 0 aliphatic rings. The van der Waals surface area contributed by atoms with Gasteiger partial charge in [-0.2, -0.15) is 0 Å². The number of anilines is 1. The average Bonchev–Trinajstić information content (AvgIpc) is 2.39. The summed E-state index contributed by atoms with van der Waals surface area (Å²) in [5, 5.41) is 2.86. The number of nitrogens with one attached hydrogen (secondary N) is 1. The summed E-state index contributed by atoms with van der Waals surface area (Å²) in [4.78, 5) is 0. The first-order valence-corrected chi connectivity index (χ1v) is 7.33. The minimum absolute atomic E-state index is 0.0543. The normalized spacial score (nSPS) is 12.3. The third-order valence-corrected chi connectivity index (χ3v) is 4.04. The van der Waals surface area contributed by atoms with Gasteiger partial charge in [-0.1, -0.05) is 6.07 Å². The molecule has 106 valence electrons. The third-order valence-electron chi connectivity index (χ3n) is 2.83. The lowest BCUT2D eigenvalue weighted by Crippen LogP contribution is -2.08. The molecule has 0 bridgehead atoms. The second kappa shape index (κ2) is 6.18. The third kappa shape index (κ3) is 3.35. The van der Waals surface area contributed by atoms with Gasteiger partial charge in [-0.3, -0.25) is 0 Å². The Morgan fingerprint density at radius 3 is 2.20 bits per heavy atom. The topological polar surface area (TPSA) is 12.0 Å². The molecule has 6 heteroatoms. The Kier molecular flexibility index (Phi) is 4.75. The van der Waals surface area contributed by atoms with E-state index in [0.717, 1.165) is 17.7 Å². The maximum atomic E-state index is 13.7. The van der Waals surface area contributed by atoms with E-state index in [2.05, 4.69) is 37.2 Å². The number of benzene rings is 2. The molecule has 0 aliphatic heterocycles. The van der Waals surface area contributed by atoms with Gasteiger partial charge in [0.1, 0.15) is 17.5 Å². The van der Waals surface area contributed by atoms with Crippen molar-refractivity contribution in [2.45, 2.75) is 13.0 Å². The van der Waals surface area contributed by atoms with Gasteiger partial charge in [-0.15, -0.1) is 0 Å². The SMILES string of the molecule is CC(Nc1cc(F)c(Br)cc1F)c1ccc(F)c(Br)c1. The predicted octanol–water partition coefficient (Wildman–Crippen LogP) is 5.80. The van der Waals surface area contributed by atoms with E-state index in [1.807, 2.05) is 0 Å². The van der Waals surface area contributed by atoms with Crippen LogP contribution in [0.3, 0.4) is 0 Å². The summed E-state index contributed by atoms with van der Waals surface area (Å²) >= 11 is 6.01. The first kappa shape index (κ1) is 15.4. The number of hydrogen-bond acceptors (Lipinski definition) is 1. The molecule has 0 saturated carbocycles. The monoisotopic (exact) mass is 407 g/mol. The minimum Gasteiger partial charge on any atom is -0.376 e. The van der Waals surface area contributed by atoms with Crippen LogP contribution in [-0.2, 0) is 0 Å². The van der Waals surface area contributed by atoms with Crippen LogP contribution in [0.2, 0.25) is 0 Å². The lowest BCUT2D eigenvalue weighted by atomic mass is 10.1. The van der Waals surface area contributed by atoms with Gasteiger partial charge in [0, 0.05) is 12.1 Å². The van der Waals surface area contributed by atoms with Crippen LogP contribution in [0.5, 0.6) is 0 Å². The summed E-state index contributed by atoms with van der Waals surface area (Å²) < 4.78 is 40.7. The van der Waals surface area contributed by atoms with Gasteiger partial charge in [0.15, 0.2) is 0 Å². The summed E-state index contributed by atoms with van der Waals surface area (Å²) in [6, 6.07) is 6.34. The molecule has 1 unspecified atom stereocenters. The highest BCUT2D eigenvalue weighted by atomic mass is 79.9. The van der Waals surface area contributed by atoms with Crippen molar-refractivity contribution in [1.82, 2.24) is 0 Å². The van der Waals surface area contributed by atoms with E-state index in [1.165, 1.54) is 6.07 Å². The van der Waals surface area contributed by atoms with Gasteiger partial charge in [0.05, 0.1) is 14.6 Å². The standard InChI is InChI=1S/C14H10Br2F3N/c1-7(8-2-3-11(17)9(15)4-8)20-14-6-12(18)10(16)5-13(14)19/h2-7,20H,1H3. The average molecular weight is 409 g/mol. The smallest absolute Gasteiger partial charge is 0.147 e. The van der Waals surface area contributed by atoms with E-state index in [0.29, 0.717) is 4.47 Å². The van der Waals surface area contributed by atoms with Crippen LogP contribution in [0.15, 0.2) is 39.3 Å². The first-order valence-electron chi connectivity index (χ1n) is 5.74. The van der Waals surface area contributed by atoms with Gasteiger partial charge < -0.3 is 5.32 Å². The Labute approximate surface area is 131 Å². The Morgan fingerprint density at radius 2 is 1.55 bits per heavy atom. The molecule has 1 atom stereocenters. The van der Waals surface area contributed by atoms with Crippen LogP contribution in [0, 0.1) is 17.5 Å². The van der Waals surface area contributed by atoms with Crippen molar-refractivity contribution in [3.63, 3.8) is 0 Å². The second-order valence-corrected chi connectivity index (χ2v) is 5.99. The lowest BCUT2D eigenvalue weighted by molar-refractivity contribution is 0.594. The molecular weight excluding hydrogens is 399 g/mol. The van der Waals surface area contributed by atoms with Gasteiger partial charge in [-0.25, -0.2) is 13.2 Å². The first-order chi connectivity index (χ1) is 9.38. The Hall–Kier alpha value is -1.01. The molecule has 2 aromatic rings. The molecule has 0 fully saturated rings. The number of halogens is 5. The van der Waals surface area contributed by atoms with Crippen molar-refractivity contribution >= 4 is 37.5 Å². The Balaban J connectivity index is 2.25. The quantitative estimate of drug-likeness (QED) is 0.632. The lowest BCUT2D eigenvalue weighted by Gasteiger charge is -2.17. The molecule has 0 aromatic heterocycles. The molecule has 0 amide bonds. The van der Waals surface area contributed by atoms with Crippen molar-refractivity contribution in [2.24, 2.45) is 0 Å². The van der Waals surface area contributed by atoms with Crippen LogP contribution in [0.4, 0.5) is 18.9 Å². The maximum absolute atomic E-state index is 13.7. The minimum atomic E-state index is -0.564. The maximum Gasteiger partial charge on any atom is 0.147 e. The van der Waals surface area contributed by atoms with E-state index in [1.54, 1.807) is 19.1 Å². The zero-order valence-corrected chi connectivity index (χ0v) is 13.5. The molecule has 0 radical (unpaired) electrons. The molecule has 20 heavy (non-hydrogen) atoms. The highest BCUT2D eigenvalue weighted by molar-refractivity contribution is 9.10. The molecule has 1 N–H and O–H groups in total. The molecule has 0 heterocycles. The van der Waals surface area contributed by atoms with Crippen LogP contribution < -0.4 is 5.32 Å². The van der Waals surface area contributed by atoms with E-state index in [4.69, 9.17) is 0 Å². The molecule has 0 aliphatic carbocycles. The van der Waals surface area contributed by atoms with Crippen molar-refractivity contribution in [3.05, 3.63) is 62.3 Å². The van der Waals surface area contributed by atoms with Crippen LogP contribution in [0.1, 0.15) is 18.5 Å². The fourth-order valence-electron chi connectivity index (χ4n) is 1.73. The Bertz CT molecular complexity index is 647. The van der Waals surface area contributed by atoms with Crippen LogP contribution in [0.25, 0.3) is 0 Å². The fraction of sp³-hybridized carbons (Fsp3) is 0.143. The summed E-state index contributed by atoms with van der Waals surface area (Å²) in [6.07, 6.45) is 0. The van der Waals surface area contributed by atoms with Crippen LogP contribution >= 0.6 is 31.9 Å². The highest BCUT2D eigenvalue weighted by Gasteiger charge is 2.13. The predicted molar refractivity (Wildman–Crippen MR) is 80.2 cm³/mol. The van der Waals surface area contributed by atoms with Crippen molar-refractivity contribution < 1.29 is 13.2 Å². The number of rotatable bonds is 3. The van der Waals surface area contributed by atoms with Gasteiger partial charge in [0.25, 0.3) is 0 Å². The second-order valence-electron chi connectivity index (χ2n) is 4.29. The van der Waals surface area contributed by atoms with Gasteiger partial charge in [-0.05, 0) is 62.5 Å². The molecule has 2 aromatic carbocycles. The molecule has 0 saturated heterocycles. The van der Waals surface area contributed by atoms with Crippen molar-refractivity contribution in [3.8, 4) is 0 Å². The molecule has 1 nitrogen and oxygen atoms in total. The van der Waals surface area contributed by atoms with Crippen molar-refractivity contribution in [2.75, 3.05) is 5.32 Å². The molecular formula is C14H10Br2F3N. The largest absolute Gasteiger partial charge is 0.376 e. The molecule has 0 spiro atoms. The van der Waals surface area contributed by atoms with E-state index in [9.17, 15) is 13.2 Å². The summed E-state index contributed by atoms with van der Waals surface area (Å²) in [6.45, 7) is 1.78. The van der Waals surface area contributed by atoms with Crippen molar-refractivity contribution in [1.29, 1.82) is 0 Å². The van der Waals surface area contributed by atoms with Gasteiger partial charge >= 0.3 is 0 Å². The van der Waals surface area contributed by atoms with E-state index < -0.39 is 11.6 Å². The highest BCUT2D eigenvalue weighted by Crippen LogP contribution is 2.28. The number of hydrogen-bond donors (Lipinski definition) is 1. The summed E-state index contributed by atoms with van der Waals surface area (Å²) in [7, 11) is 0. The fourth-order valence-corrected chi connectivity index (χ4v) is 2.44. The van der Waals surface area contributed by atoms with Crippen LogP contribution in [-0.4, -0.2) is 0 Å². The zero-order valence-electron chi connectivity index (χ0n) is 10.4. The van der Waals surface area contributed by atoms with E-state index in [-0.39, 0.29) is 22.0 Å². The zero-order chi connectivity index (χ0) is 14.9. The van der Waals surface area contributed by atoms with E-state index >= 15 is 0 Å².